The molecule has 0 spiro atoms. The summed E-state index contributed by atoms with van der Waals surface area (Å²) < 4.78 is 14.6. The van der Waals surface area contributed by atoms with E-state index >= 15 is 0 Å². The lowest BCUT2D eigenvalue weighted by molar-refractivity contribution is 0.529. The molecule has 2 aromatic rings. The normalized spacial score (nSPS) is 14.1. The van der Waals surface area contributed by atoms with Crippen molar-refractivity contribution < 1.29 is 4.39 Å². The molecule has 0 saturated heterocycles. The Morgan fingerprint density at radius 1 is 1.16 bits per heavy atom. The van der Waals surface area contributed by atoms with Crippen LogP contribution >= 0.6 is 27.5 Å². The molecule has 2 unspecified atom stereocenters. The first-order valence-corrected chi connectivity index (χ1v) is 7.44. The standard InChI is InChI=1S/C16H15BrClF/c1-11(16(18)12-5-3-2-4-6-12)9-13-7-8-14(17)10-15(13)19/h2-8,10-11,16H,9H2,1H3. The van der Waals surface area contributed by atoms with E-state index in [0.717, 1.165) is 10.0 Å². The molecule has 0 radical (unpaired) electrons. The third-order valence-corrected chi connectivity index (χ3v) is 4.35. The highest BCUT2D eigenvalue weighted by Crippen LogP contribution is 2.31. The van der Waals surface area contributed by atoms with E-state index < -0.39 is 0 Å². The molecule has 0 aliphatic carbocycles. The van der Waals surface area contributed by atoms with Crippen LogP contribution in [0.3, 0.4) is 0 Å². The summed E-state index contributed by atoms with van der Waals surface area (Å²) in [6, 6.07) is 15.1. The fourth-order valence-corrected chi connectivity index (χ4v) is 2.67. The van der Waals surface area contributed by atoms with Crippen LogP contribution in [0.1, 0.15) is 23.4 Å². The molecule has 0 fully saturated rings. The van der Waals surface area contributed by atoms with E-state index in [4.69, 9.17) is 11.6 Å². The Labute approximate surface area is 126 Å². The minimum atomic E-state index is -0.182. The molecule has 0 aliphatic rings. The maximum Gasteiger partial charge on any atom is 0.127 e. The first kappa shape index (κ1) is 14.5. The number of benzene rings is 2. The predicted octanol–water partition coefficient (Wildman–Crippen LogP) is 5.75. The van der Waals surface area contributed by atoms with E-state index in [1.54, 1.807) is 0 Å². The van der Waals surface area contributed by atoms with Crippen LogP contribution in [-0.2, 0) is 6.42 Å². The fourth-order valence-electron chi connectivity index (χ4n) is 2.10. The zero-order valence-corrected chi connectivity index (χ0v) is 13.0. The molecular formula is C16H15BrClF. The Kier molecular flexibility index (Phi) is 5.00. The summed E-state index contributed by atoms with van der Waals surface area (Å²) >= 11 is 9.72. The van der Waals surface area contributed by atoms with E-state index in [1.165, 1.54) is 6.07 Å². The summed E-state index contributed by atoms with van der Waals surface area (Å²) in [7, 11) is 0. The van der Waals surface area contributed by atoms with Gasteiger partial charge in [0.2, 0.25) is 0 Å². The Morgan fingerprint density at radius 2 is 1.84 bits per heavy atom. The van der Waals surface area contributed by atoms with Gasteiger partial charge in [0.15, 0.2) is 0 Å². The summed E-state index contributed by atoms with van der Waals surface area (Å²) in [4.78, 5) is 0. The molecule has 0 N–H and O–H groups in total. The van der Waals surface area contributed by atoms with Gasteiger partial charge in [-0.05, 0) is 35.6 Å². The highest BCUT2D eigenvalue weighted by molar-refractivity contribution is 9.10. The fraction of sp³-hybridized carbons (Fsp3) is 0.250. The van der Waals surface area contributed by atoms with Gasteiger partial charge < -0.3 is 0 Å². The highest BCUT2D eigenvalue weighted by atomic mass is 79.9. The minimum absolute atomic E-state index is 0.107. The topological polar surface area (TPSA) is 0 Å². The summed E-state index contributed by atoms with van der Waals surface area (Å²) in [5, 5.41) is -0.107. The average Bonchev–Trinajstić information content (AvgIpc) is 2.42. The van der Waals surface area contributed by atoms with Gasteiger partial charge in [-0.3, -0.25) is 0 Å². The van der Waals surface area contributed by atoms with Gasteiger partial charge in [0.05, 0.1) is 5.38 Å². The van der Waals surface area contributed by atoms with Crippen LogP contribution in [0.5, 0.6) is 0 Å². The van der Waals surface area contributed by atoms with Crippen molar-refractivity contribution in [3.05, 3.63) is 69.9 Å². The molecule has 2 rings (SSSR count). The quantitative estimate of drug-likeness (QED) is 0.621. The molecule has 2 atom stereocenters. The van der Waals surface area contributed by atoms with Crippen LogP contribution in [0.4, 0.5) is 4.39 Å². The van der Waals surface area contributed by atoms with E-state index in [-0.39, 0.29) is 17.1 Å². The summed E-state index contributed by atoms with van der Waals surface area (Å²) in [5.74, 6) is -0.0158. The van der Waals surface area contributed by atoms with Gasteiger partial charge in [-0.25, -0.2) is 4.39 Å². The maximum absolute atomic E-state index is 13.8. The number of hydrogen-bond acceptors (Lipinski definition) is 0. The van der Waals surface area contributed by atoms with Crippen molar-refractivity contribution >= 4 is 27.5 Å². The molecular weight excluding hydrogens is 327 g/mol. The van der Waals surface area contributed by atoms with Gasteiger partial charge in [0.1, 0.15) is 5.82 Å². The lowest BCUT2D eigenvalue weighted by Gasteiger charge is -2.18. The number of hydrogen-bond donors (Lipinski definition) is 0. The third-order valence-electron chi connectivity index (χ3n) is 3.17. The second-order valence-corrected chi connectivity index (χ2v) is 6.12. The Balaban J connectivity index is 2.10. The SMILES string of the molecule is CC(Cc1ccc(Br)cc1F)C(Cl)c1ccccc1. The van der Waals surface area contributed by atoms with Crippen molar-refractivity contribution in [2.75, 3.05) is 0 Å². The molecule has 0 aromatic heterocycles. The zero-order chi connectivity index (χ0) is 13.8. The monoisotopic (exact) mass is 340 g/mol. The van der Waals surface area contributed by atoms with Crippen LogP contribution in [0.15, 0.2) is 53.0 Å². The van der Waals surface area contributed by atoms with E-state index in [1.807, 2.05) is 49.4 Å². The van der Waals surface area contributed by atoms with Crippen LogP contribution in [0, 0.1) is 11.7 Å². The molecule has 19 heavy (non-hydrogen) atoms. The zero-order valence-electron chi connectivity index (χ0n) is 10.6. The predicted molar refractivity (Wildman–Crippen MR) is 82.0 cm³/mol. The Morgan fingerprint density at radius 3 is 2.47 bits per heavy atom. The summed E-state index contributed by atoms with van der Waals surface area (Å²) in [5.41, 5.74) is 1.78. The Hall–Kier alpha value is -0.860. The third kappa shape index (κ3) is 3.80. The summed E-state index contributed by atoms with van der Waals surface area (Å²) in [6.07, 6.45) is 0.627. The molecule has 0 saturated carbocycles. The van der Waals surface area contributed by atoms with Crippen molar-refractivity contribution in [3.8, 4) is 0 Å². The smallest absolute Gasteiger partial charge is 0.127 e. The van der Waals surface area contributed by atoms with Crippen molar-refractivity contribution in [1.29, 1.82) is 0 Å². The van der Waals surface area contributed by atoms with E-state index in [2.05, 4.69) is 15.9 Å². The second kappa shape index (κ2) is 6.53. The molecule has 3 heteroatoms. The van der Waals surface area contributed by atoms with Gasteiger partial charge in [-0.1, -0.05) is 59.3 Å². The molecule has 100 valence electrons. The number of halogens is 3. The van der Waals surface area contributed by atoms with Crippen LogP contribution in [0.2, 0.25) is 0 Å². The first-order valence-electron chi connectivity index (χ1n) is 6.21. The van der Waals surface area contributed by atoms with Gasteiger partial charge in [-0.15, -0.1) is 11.6 Å². The minimum Gasteiger partial charge on any atom is -0.207 e. The average molecular weight is 342 g/mol. The van der Waals surface area contributed by atoms with E-state index in [9.17, 15) is 4.39 Å². The molecule has 0 bridgehead atoms. The van der Waals surface area contributed by atoms with Crippen molar-refractivity contribution in [2.45, 2.75) is 18.7 Å². The van der Waals surface area contributed by atoms with Crippen molar-refractivity contribution in [2.24, 2.45) is 5.92 Å². The Bertz CT molecular complexity index is 542. The van der Waals surface area contributed by atoms with Crippen molar-refractivity contribution in [1.82, 2.24) is 0 Å². The first-order chi connectivity index (χ1) is 9.08. The van der Waals surface area contributed by atoms with Gasteiger partial charge in [-0.2, -0.15) is 0 Å². The molecule has 2 aromatic carbocycles. The van der Waals surface area contributed by atoms with Gasteiger partial charge in [0.25, 0.3) is 0 Å². The summed E-state index contributed by atoms with van der Waals surface area (Å²) in [6.45, 7) is 2.05. The van der Waals surface area contributed by atoms with Gasteiger partial charge in [0, 0.05) is 4.47 Å². The van der Waals surface area contributed by atoms with Crippen LogP contribution in [-0.4, -0.2) is 0 Å². The largest absolute Gasteiger partial charge is 0.207 e. The number of rotatable bonds is 4. The molecule has 0 aliphatic heterocycles. The molecule has 0 nitrogen and oxygen atoms in total. The van der Waals surface area contributed by atoms with Crippen molar-refractivity contribution in [3.63, 3.8) is 0 Å². The van der Waals surface area contributed by atoms with Crippen LogP contribution < -0.4 is 0 Å². The van der Waals surface area contributed by atoms with E-state index in [0.29, 0.717) is 12.0 Å². The molecule has 0 heterocycles. The van der Waals surface area contributed by atoms with Gasteiger partial charge >= 0.3 is 0 Å². The maximum atomic E-state index is 13.8. The highest BCUT2D eigenvalue weighted by Gasteiger charge is 2.18. The van der Waals surface area contributed by atoms with Crippen LogP contribution in [0.25, 0.3) is 0 Å². The number of alkyl halides is 1. The molecule has 0 amide bonds. The lowest BCUT2D eigenvalue weighted by atomic mass is 9.93. The second-order valence-electron chi connectivity index (χ2n) is 4.73. The lowest BCUT2D eigenvalue weighted by Crippen LogP contribution is -2.08.